The van der Waals surface area contributed by atoms with Crippen LogP contribution in [0.2, 0.25) is 19.6 Å². The molecule has 1 aromatic rings. The Kier molecular flexibility index (Phi) is 4.93. The van der Waals surface area contributed by atoms with Crippen LogP contribution in [0, 0.1) is 0 Å². The molecule has 0 radical (unpaired) electrons. The summed E-state index contributed by atoms with van der Waals surface area (Å²) in [6.07, 6.45) is 2.44. The minimum atomic E-state index is -1.13. The summed E-state index contributed by atoms with van der Waals surface area (Å²) in [6.45, 7) is 9.11. The van der Waals surface area contributed by atoms with Crippen molar-refractivity contribution in [1.29, 1.82) is 0 Å². The summed E-state index contributed by atoms with van der Waals surface area (Å²) in [7, 11) is -1.13. The molecule has 1 aliphatic heterocycles. The molecule has 0 aliphatic carbocycles. The molecule has 1 aromatic carbocycles. The Hall–Kier alpha value is -0.253. The van der Waals surface area contributed by atoms with Crippen molar-refractivity contribution in [2.45, 2.75) is 43.5 Å². The summed E-state index contributed by atoms with van der Waals surface area (Å²) < 4.78 is 5.40. The van der Waals surface area contributed by atoms with Crippen molar-refractivity contribution in [2.75, 3.05) is 13.2 Å². The number of rotatable bonds is 4. The predicted octanol–water partition coefficient (Wildman–Crippen LogP) is 3.64. The second-order valence-corrected chi connectivity index (χ2v) is 12.4. The average Bonchev–Trinajstić information content (AvgIpc) is 2.37. The molecule has 0 N–H and O–H groups in total. The lowest BCUT2D eigenvalue weighted by Gasteiger charge is -2.21. The number of thioether (sulfide) groups is 1. The van der Waals surface area contributed by atoms with Gasteiger partial charge in [-0.05, 0) is 18.4 Å². The summed E-state index contributed by atoms with van der Waals surface area (Å²) >= 11 is 2.10. The van der Waals surface area contributed by atoms with Gasteiger partial charge in [0.25, 0.3) is 0 Å². The maximum absolute atomic E-state index is 5.40. The molecule has 18 heavy (non-hydrogen) atoms. The highest BCUT2D eigenvalue weighted by Crippen LogP contribution is 2.25. The van der Waals surface area contributed by atoms with E-state index in [2.05, 4.69) is 55.7 Å². The smallest absolute Gasteiger partial charge is 0.0775 e. The van der Waals surface area contributed by atoms with E-state index in [4.69, 9.17) is 4.74 Å². The molecule has 0 atom stereocenters. The lowest BCUT2D eigenvalue weighted by atomic mass is 10.2. The van der Waals surface area contributed by atoms with Gasteiger partial charge in [0, 0.05) is 24.2 Å². The number of hydrogen-bond donors (Lipinski definition) is 0. The van der Waals surface area contributed by atoms with Gasteiger partial charge in [0.05, 0.1) is 8.07 Å². The zero-order chi connectivity index (χ0) is 13.0. The molecular weight excluding hydrogens is 256 g/mol. The molecule has 100 valence electrons. The van der Waals surface area contributed by atoms with Crippen LogP contribution in [-0.2, 0) is 10.5 Å². The maximum atomic E-state index is 5.40. The minimum Gasteiger partial charge on any atom is -0.381 e. The van der Waals surface area contributed by atoms with Gasteiger partial charge >= 0.3 is 0 Å². The van der Waals surface area contributed by atoms with Gasteiger partial charge in [-0.2, -0.15) is 11.8 Å². The van der Waals surface area contributed by atoms with Crippen LogP contribution in [0.25, 0.3) is 0 Å². The van der Waals surface area contributed by atoms with Crippen LogP contribution in [0.3, 0.4) is 0 Å². The summed E-state index contributed by atoms with van der Waals surface area (Å²) in [5, 5.41) is 2.36. The van der Waals surface area contributed by atoms with Crippen molar-refractivity contribution in [3.05, 3.63) is 29.8 Å². The van der Waals surface area contributed by atoms with E-state index in [0.717, 1.165) is 24.2 Å². The third-order valence-electron chi connectivity index (χ3n) is 3.47. The fourth-order valence-electron chi connectivity index (χ4n) is 2.16. The third kappa shape index (κ3) is 4.14. The van der Waals surface area contributed by atoms with Gasteiger partial charge in [0.2, 0.25) is 0 Å². The van der Waals surface area contributed by atoms with Gasteiger partial charge in [0.1, 0.15) is 0 Å². The van der Waals surface area contributed by atoms with Gasteiger partial charge in [-0.3, -0.25) is 0 Å². The van der Waals surface area contributed by atoms with E-state index < -0.39 is 8.07 Å². The second-order valence-electron chi connectivity index (χ2n) is 6.07. The van der Waals surface area contributed by atoms with Crippen molar-refractivity contribution in [3.8, 4) is 0 Å². The Morgan fingerprint density at radius 3 is 2.28 bits per heavy atom. The zero-order valence-corrected chi connectivity index (χ0v) is 13.6. The first-order valence-electron chi connectivity index (χ1n) is 6.84. The van der Waals surface area contributed by atoms with Gasteiger partial charge < -0.3 is 4.74 Å². The van der Waals surface area contributed by atoms with Crippen LogP contribution in [-0.4, -0.2) is 26.5 Å². The normalized spacial score (nSPS) is 17.9. The van der Waals surface area contributed by atoms with Gasteiger partial charge in [-0.15, -0.1) is 0 Å². The molecule has 1 nitrogen and oxygen atoms in total. The lowest BCUT2D eigenvalue weighted by molar-refractivity contribution is 0.1000. The molecule has 1 heterocycles. The molecule has 1 fully saturated rings. The van der Waals surface area contributed by atoms with E-state index in [1.54, 1.807) is 5.19 Å². The highest BCUT2D eigenvalue weighted by Gasteiger charge is 2.16. The van der Waals surface area contributed by atoms with E-state index in [1.165, 1.54) is 18.4 Å². The van der Waals surface area contributed by atoms with Gasteiger partial charge in [0.15, 0.2) is 0 Å². The molecule has 0 aromatic heterocycles. The van der Waals surface area contributed by atoms with E-state index >= 15 is 0 Å². The van der Waals surface area contributed by atoms with E-state index in [-0.39, 0.29) is 0 Å². The van der Waals surface area contributed by atoms with Crippen LogP contribution in [0.15, 0.2) is 24.3 Å². The number of benzene rings is 1. The molecule has 1 aliphatic rings. The first-order valence-corrected chi connectivity index (χ1v) is 11.4. The predicted molar refractivity (Wildman–Crippen MR) is 84.6 cm³/mol. The Morgan fingerprint density at radius 1 is 1.11 bits per heavy atom. The van der Waals surface area contributed by atoms with Crippen LogP contribution in [0.5, 0.6) is 0 Å². The largest absolute Gasteiger partial charge is 0.381 e. The Balaban J connectivity index is 1.86. The fraction of sp³-hybridized carbons (Fsp3) is 0.600. The quantitative estimate of drug-likeness (QED) is 0.779. The molecule has 0 saturated carbocycles. The van der Waals surface area contributed by atoms with E-state index in [9.17, 15) is 0 Å². The minimum absolute atomic E-state index is 0.801. The van der Waals surface area contributed by atoms with Crippen molar-refractivity contribution in [3.63, 3.8) is 0 Å². The summed E-state index contributed by atoms with van der Waals surface area (Å²) in [5.74, 6) is 1.15. The standard InChI is InChI=1S/C15H24OSSi/c1-18(2,3)15-6-4-13(5-7-15)12-17-14-8-10-16-11-9-14/h4-7,14H,8-12H2,1-3H3. The maximum Gasteiger partial charge on any atom is 0.0775 e. The van der Waals surface area contributed by atoms with E-state index in [1.807, 2.05) is 0 Å². The van der Waals surface area contributed by atoms with Crippen LogP contribution >= 0.6 is 11.8 Å². The molecule has 2 rings (SSSR count). The summed E-state index contributed by atoms with van der Waals surface area (Å²) in [4.78, 5) is 0. The van der Waals surface area contributed by atoms with Gasteiger partial charge in [-0.25, -0.2) is 0 Å². The lowest BCUT2D eigenvalue weighted by Crippen LogP contribution is -2.37. The Labute approximate surface area is 116 Å². The summed E-state index contributed by atoms with van der Waals surface area (Å²) in [6, 6.07) is 9.32. The van der Waals surface area contributed by atoms with Crippen LogP contribution in [0.1, 0.15) is 18.4 Å². The topological polar surface area (TPSA) is 9.23 Å². The molecule has 1 saturated heterocycles. The SMILES string of the molecule is C[Si](C)(C)c1ccc(CSC2CCOCC2)cc1. The van der Waals surface area contributed by atoms with Crippen molar-refractivity contribution in [1.82, 2.24) is 0 Å². The van der Waals surface area contributed by atoms with Crippen molar-refractivity contribution < 1.29 is 4.74 Å². The fourth-order valence-corrected chi connectivity index (χ4v) is 4.47. The van der Waals surface area contributed by atoms with Crippen molar-refractivity contribution >= 4 is 25.0 Å². The Morgan fingerprint density at radius 2 is 1.72 bits per heavy atom. The monoisotopic (exact) mass is 280 g/mol. The Bertz CT molecular complexity index is 363. The first kappa shape index (κ1) is 14.2. The van der Waals surface area contributed by atoms with Crippen molar-refractivity contribution in [2.24, 2.45) is 0 Å². The highest BCUT2D eigenvalue weighted by atomic mass is 32.2. The molecule has 0 spiro atoms. The summed E-state index contributed by atoms with van der Waals surface area (Å²) in [5.41, 5.74) is 1.47. The molecule has 0 bridgehead atoms. The zero-order valence-electron chi connectivity index (χ0n) is 11.7. The average molecular weight is 281 g/mol. The van der Waals surface area contributed by atoms with Crippen LogP contribution in [0.4, 0.5) is 0 Å². The second kappa shape index (κ2) is 6.26. The highest BCUT2D eigenvalue weighted by molar-refractivity contribution is 7.99. The molecular formula is C15H24OSSi. The molecule has 0 unspecified atom stereocenters. The molecule has 0 amide bonds. The third-order valence-corrected chi connectivity index (χ3v) is 6.98. The molecule has 3 heteroatoms. The number of hydrogen-bond acceptors (Lipinski definition) is 2. The van der Waals surface area contributed by atoms with E-state index in [0.29, 0.717) is 0 Å². The van der Waals surface area contributed by atoms with Crippen LogP contribution < -0.4 is 5.19 Å². The van der Waals surface area contributed by atoms with Gasteiger partial charge in [-0.1, -0.05) is 49.1 Å². The number of ether oxygens (including phenoxy) is 1. The first-order chi connectivity index (χ1) is 8.55.